The Morgan fingerprint density at radius 1 is 1.16 bits per heavy atom. The third-order valence-electron chi connectivity index (χ3n) is 5.72. The zero-order chi connectivity index (χ0) is 22.6. The van der Waals surface area contributed by atoms with Crippen LogP contribution >= 0.6 is 11.6 Å². The third-order valence-corrected chi connectivity index (χ3v) is 6.10. The van der Waals surface area contributed by atoms with Gasteiger partial charge >= 0.3 is 6.03 Å². The predicted molar refractivity (Wildman–Crippen MR) is 123 cm³/mol. The van der Waals surface area contributed by atoms with Gasteiger partial charge in [0.25, 0.3) is 0 Å². The van der Waals surface area contributed by atoms with Crippen LogP contribution in [-0.2, 0) is 13.6 Å². The number of urea groups is 1. The first-order valence-electron chi connectivity index (χ1n) is 9.88. The lowest BCUT2D eigenvalue weighted by molar-refractivity contribution is 0.251. The van der Waals surface area contributed by atoms with Crippen LogP contribution in [0.3, 0.4) is 0 Å². The minimum atomic E-state index is -0.217. The van der Waals surface area contributed by atoms with Crippen molar-refractivity contribution < 1.29 is 14.3 Å². The van der Waals surface area contributed by atoms with Gasteiger partial charge < -0.3 is 14.5 Å². The number of halogens is 1. The van der Waals surface area contributed by atoms with Gasteiger partial charge in [0, 0.05) is 49.6 Å². The average molecular weight is 453 g/mol. The third kappa shape index (κ3) is 2.96. The highest BCUT2D eigenvalue weighted by Gasteiger charge is 2.33. The van der Waals surface area contributed by atoms with E-state index < -0.39 is 0 Å². The van der Waals surface area contributed by atoms with Gasteiger partial charge in [-0.1, -0.05) is 11.6 Å². The maximum absolute atomic E-state index is 13.4. The van der Waals surface area contributed by atoms with Gasteiger partial charge in [-0.25, -0.2) is 9.78 Å². The highest BCUT2D eigenvalue weighted by atomic mass is 35.5. The van der Waals surface area contributed by atoms with Crippen LogP contribution in [0.5, 0.6) is 11.5 Å². The van der Waals surface area contributed by atoms with Gasteiger partial charge in [-0.05, 0) is 12.1 Å². The number of methoxy groups -OCH3 is 2. The molecule has 0 atom stereocenters. The van der Waals surface area contributed by atoms with Gasteiger partial charge in [-0.15, -0.1) is 0 Å². The van der Waals surface area contributed by atoms with Crippen LogP contribution < -0.4 is 19.3 Å². The van der Waals surface area contributed by atoms with Crippen LogP contribution in [0.25, 0.3) is 22.4 Å². The van der Waals surface area contributed by atoms with Crippen molar-refractivity contribution in [1.29, 1.82) is 0 Å². The molecule has 1 aromatic carbocycles. The number of H-pyrrole nitrogens is 1. The standard InChI is InChI=1S/C22H21ClN6O3/c1-27-20-12(10-24-21-14(20)9-15(26-21)16-5-6-25-28(16)2)11-29(22(27)30)17-7-13(31-3)8-18(32-4)19(17)23/h5-10H,11H2,1-4H3,(H,24,26). The Labute approximate surface area is 189 Å². The number of anilines is 2. The largest absolute Gasteiger partial charge is 0.497 e. The summed E-state index contributed by atoms with van der Waals surface area (Å²) in [6.45, 7) is 0.309. The number of hydrogen-bond donors (Lipinski definition) is 1. The quantitative estimate of drug-likeness (QED) is 0.501. The molecule has 0 bridgehead atoms. The van der Waals surface area contributed by atoms with Gasteiger partial charge in [0.2, 0.25) is 0 Å². The molecule has 10 heteroatoms. The molecule has 5 rings (SSSR count). The van der Waals surface area contributed by atoms with Crippen LogP contribution in [0.15, 0.2) is 36.7 Å². The maximum Gasteiger partial charge on any atom is 0.329 e. The van der Waals surface area contributed by atoms with E-state index in [1.54, 1.807) is 53.2 Å². The monoisotopic (exact) mass is 452 g/mol. The zero-order valence-corrected chi connectivity index (χ0v) is 18.8. The minimum absolute atomic E-state index is 0.217. The molecular weight excluding hydrogens is 432 g/mol. The molecule has 0 unspecified atom stereocenters. The number of carbonyl (C=O) groups excluding carboxylic acids is 1. The average Bonchev–Trinajstić information content (AvgIpc) is 3.41. The van der Waals surface area contributed by atoms with Crippen molar-refractivity contribution in [1.82, 2.24) is 19.7 Å². The number of carbonyl (C=O) groups is 1. The predicted octanol–water partition coefficient (Wildman–Crippen LogP) is 4.21. The van der Waals surface area contributed by atoms with E-state index in [2.05, 4.69) is 15.1 Å². The maximum atomic E-state index is 13.4. The number of aromatic amines is 1. The molecule has 0 aliphatic carbocycles. The van der Waals surface area contributed by atoms with Crippen molar-refractivity contribution in [2.75, 3.05) is 31.1 Å². The number of nitrogens with one attached hydrogen (secondary N) is 1. The molecule has 0 saturated carbocycles. The molecule has 4 aromatic rings. The Balaban J connectivity index is 1.62. The number of rotatable bonds is 4. The van der Waals surface area contributed by atoms with E-state index in [4.69, 9.17) is 21.1 Å². The molecule has 4 heterocycles. The summed E-state index contributed by atoms with van der Waals surface area (Å²) < 4.78 is 12.5. The Morgan fingerprint density at radius 2 is 1.97 bits per heavy atom. The number of benzene rings is 1. The Morgan fingerprint density at radius 3 is 2.66 bits per heavy atom. The number of ether oxygens (including phenoxy) is 2. The number of fused-ring (bicyclic) bond motifs is 3. The summed E-state index contributed by atoms with van der Waals surface area (Å²) in [4.78, 5) is 24.6. The Kier molecular flexibility index (Phi) is 4.70. The van der Waals surface area contributed by atoms with E-state index in [1.807, 2.05) is 19.2 Å². The number of hydrogen-bond acceptors (Lipinski definition) is 5. The SMILES string of the molecule is COc1cc(OC)c(Cl)c(N2Cc3cnc4[nH]c(-c5ccnn5C)cc4c3N(C)C2=O)c1. The Hall–Kier alpha value is -3.72. The summed E-state index contributed by atoms with van der Waals surface area (Å²) >= 11 is 6.56. The number of aryl methyl sites for hydroxylation is 1. The molecule has 2 amide bonds. The molecule has 0 saturated heterocycles. The minimum Gasteiger partial charge on any atom is -0.497 e. The van der Waals surface area contributed by atoms with Gasteiger partial charge in [0.05, 0.1) is 43.5 Å². The van der Waals surface area contributed by atoms with Crippen LogP contribution in [0, 0.1) is 0 Å². The van der Waals surface area contributed by atoms with Crippen molar-refractivity contribution in [3.8, 4) is 22.9 Å². The van der Waals surface area contributed by atoms with E-state index >= 15 is 0 Å². The smallest absolute Gasteiger partial charge is 0.329 e. The number of amides is 2. The normalized spacial score (nSPS) is 13.6. The highest BCUT2D eigenvalue weighted by Crippen LogP contribution is 2.43. The summed E-state index contributed by atoms with van der Waals surface area (Å²) in [7, 11) is 6.70. The van der Waals surface area contributed by atoms with Gasteiger partial charge in [-0.3, -0.25) is 14.5 Å². The lowest BCUT2D eigenvalue weighted by Crippen LogP contribution is -2.45. The van der Waals surface area contributed by atoms with E-state index in [-0.39, 0.29) is 6.03 Å². The molecule has 1 N–H and O–H groups in total. The van der Waals surface area contributed by atoms with Crippen LogP contribution in [-0.4, -0.2) is 47.0 Å². The van der Waals surface area contributed by atoms with E-state index in [1.165, 1.54) is 7.11 Å². The molecule has 164 valence electrons. The fraction of sp³-hybridized carbons (Fsp3) is 0.227. The first kappa shape index (κ1) is 20.2. The summed E-state index contributed by atoms with van der Waals surface area (Å²) in [6.07, 6.45) is 3.52. The van der Waals surface area contributed by atoms with Crippen LogP contribution in [0.4, 0.5) is 16.2 Å². The molecule has 0 spiro atoms. The van der Waals surface area contributed by atoms with Crippen molar-refractivity contribution >= 4 is 40.0 Å². The lowest BCUT2D eigenvalue weighted by Gasteiger charge is -2.35. The summed E-state index contributed by atoms with van der Waals surface area (Å²) in [5, 5.41) is 5.43. The molecule has 0 fully saturated rings. The number of aromatic nitrogens is 4. The van der Waals surface area contributed by atoms with Gasteiger partial charge in [0.1, 0.15) is 22.2 Å². The molecule has 32 heavy (non-hydrogen) atoms. The van der Waals surface area contributed by atoms with Gasteiger partial charge in [-0.2, -0.15) is 5.10 Å². The fourth-order valence-corrected chi connectivity index (χ4v) is 4.40. The van der Waals surface area contributed by atoms with Crippen molar-refractivity contribution in [2.24, 2.45) is 7.05 Å². The van der Waals surface area contributed by atoms with E-state index in [0.29, 0.717) is 34.4 Å². The summed E-state index contributed by atoms with van der Waals surface area (Å²) in [6, 6.07) is 7.11. The van der Waals surface area contributed by atoms with Crippen molar-refractivity contribution in [3.63, 3.8) is 0 Å². The fourth-order valence-electron chi connectivity index (χ4n) is 4.11. The van der Waals surface area contributed by atoms with E-state index in [9.17, 15) is 4.79 Å². The zero-order valence-electron chi connectivity index (χ0n) is 18.0. The molecule has 3 aromatic heterocycles. The molecule has 1 aliphatic rings. The highest BCUT2D eigenvalue weighted by molar-refractivity contribution is 6.35. The first-order chi connectivity index (χ1) is 15.4. The first-order valence-corrected chi connectivity index (χ1v) is 10.3. The summed E-state index contributed by atoms with van der Waals surface area (Å²) in [5.74, 6) is 0.977. The second kappa shape index (κ2) is 7.45. The van der Waals surface area contributed by atoms with Crippen molar-refractivity contribution in [2.45, 2.75) is 6.54 Å². The molecule has 9 nitrogen and oxygen atoms in total. The Bertz CT molecular complexity index is 1360. The number of pyridine rings is 1. The van der Waals surface area contributed by atoms with Gasteiger partial charge in [0.15, 0.2) is 0 Å². The van der Waals surface area contributed by atoms with Crippen LogP contribution in [0.2, 0.25) is 5.02 Å². The number of nitrogens with zero attached hydrogens (tertiary/aromatic N) is 5. The summed E-state index contributed by atoms with van der Waals surface area (Å²) in [5.41, 5.74) is 4.73. The van der Waals surface area contributed by atoms with E-state index in [0.717, 1.165) is 28.0 Å². The lowest BCUT2D eigenvalue weighted by atomic mass is 10.1. The van der Waals surface area contributed by atoms with Crippen LogP contribution in [0.1, 0.15) is 5.56 Å². The second-order valence-corrected chi connectivity index (χ2v) is 7.89. The topological polar surface area (TPSA) is 88.5 Å². The molecule has 0 radical (unpaired) electrons. The second-order valence-electron chi connectivity index (χ2n) is 7.51. The molecular formula is C22H21ClN6O3. The van der Waals surface area contributed by atoms with Crippen molar-refractivity contribution in [3.05, 3.63) is 47.2 Å². The molecule has 1 aliphatic heterocycles.